The summed E-state index contributed by atoms with van der Waals surface area (Å²) in [6, 6.07) is 79.1. The lowest BCUT2D eigenvalue weighted by atomic mass is 9.66. The lowest BCUT2D eigenvalue weighted by molar-refractivity contribution is 0.436. The molecule has 0 saturated heterocycles. The summed E-state index contributed by atoms with van der Waals surface area (Å²) in [5.41, 5.74) is 16.3. The van der Waals surface area contributed by atoms with Gasteiger partial charge in [0.1, 0.15) is 11.5 Å². The Hall–Kier alpha value is -8.21. The molecular formula is C58H37N3O. The van der Waals surface area contributed by atoms with E-state index in [0.717, 1.165) is 72.7 Å². The molecule has 1 spiro atoms. The van der Waals surface area contributed by atoms with Crippen LogP contribution in [0.15, 0.2) is 224 Å². The van der Waals surface area contributed by atoms with Crippen LogP contribution in [-0.2, 0) is 5.41 Å². The number of nitrogens with zero attached hydrogens (tertiary/aromatic N) is 3. The summed E-state index contributed by atoms with van der Waals surface area (Å²) >= 11 is 0. The summed E-state index contributed by atoms with van der Waals surface area (Å²) in [7, 11) is 0. The highest BCUT2D eigenvalue weighted by atomic mass is 16.5. The largest absolute Gasteiger partial charge is 0.457 e. The zero-order valence-corrected chi connectivity index (χ0v) is 33.6. The summed E-state index contributed by atoms with van der Waals surface area (Å²) in [6.07, 6.45) is 0. The highest BCUT2D eigenvalue weighted by molar-refractivity contribution is 5.89. The van der Waals surface area contributed by atoms with E-state index >= 15 is 0 Å². The van der Waals surface area contributed by atoms with E-state index in [0.29, 0.717) is 17.5 Å². The first-order chi connectivity index (χ1) is 30.7. The normalized spacial score (nSPS) is 12.8. The van der Waals surface area contributed by atoms with Crippen LogP contribution in [0.5, 0.6) is 11.5 Å². The van der Waals surface area contributed by atoms with Crippen molar-refractivity contribution in [3.63, 3.8) is 0 Å². The minimum atomic E-state index is -0.525. The Labute approximate surface area is 360 Å². The molecule has 1 aromatic heterocycles. The Bertz CT molecular complexity index is 3290. The van der Waals surface area contributed by atoms with Crippen LogP contribution in [0.2, 0.25) is 0 Å². The summed E-state index contributed by atoms with van der Waals surface area (Å²) in [6.45, 7) is 0. The van der Waals surface area contributed by atoms with Gasteiger partial charge in [-0.2, -0.15) is 0 Å². The molecule has 9 aromatic carbocycles. The molecule has 12 rings (SSSR count). The van der Waals surface area contributed by atoms with Crippen molar-refractivity contribution in [2.24, 2.45) is 0 Å². The van der Waals surface area contributed by atoms with E-state index < -0.39 is 5.41 Å². The topological polar surface area (TPSA) is 47.9 Å². The van der Waals surface area contributed by atoms with Gasteiger partial charge < -0.3 is 4.74 Å². The van der Waals surface area contributed by atoms with Gasteiger partial charge >= 0.3 is 0 Å². The SMILES string of the molecule is c1ccc(-c2nc(-c3cccc(-c4cccc(-c5ccc6c(c5)C5(c7ccccc7O6)c6ccccc6-c6ccccc65)c4)c3)nc(-c3ccccc3-c3ccccc3)n2)cc1. The van der Waals surface area contributed by atoms with E-state index in [1.54, 1.807) is 0 Å². The fourth-order valence-electron chi connectivity index (χ4n) is 9.64. The maximum Gasteiger partial charge on any atom is 0.164 e. The van der Waals surface area contributed by atoms with Gasteiger partial charge in [-0.1, -0.05) is 194 Å². The van der Waals surface area contributed by atoms with Crippen molar-refractivity contribution in [2.75, 3.05) is 0 Å². The summed E-state index contributed by atoms with van der Waals surface area (Å²) in [5.74, 6) is 3.64. The Morgan fingerprint density at radius 1 is 0.258 bits per heavy atom. The second-order valence-corrected chi connectivity index (χ2v) is 15.9. The predicted octanol–water partition coefficient (Wildman–Crippen LogP) is 14.3. The van der Waals surface area contributed by atoms with Crippen LogP contribution < -0.4 is 4.74 Å². The Kier molecular flexibility index (Phi) is 8.36. The van der Waals surface area contributed by atoms with Crippen molar-refractivity contribution in [3.05, 3.63) is 247 Å². The van der Waals surface area contributed by atoms with Crippen molar-refractivity contribution < 1.29 is 4.74 Å². The van der Waals surface area contributed by atoms with Crippen LogP contribution >= 0.6 is 0 Å². The van der Waals surface area contributed by atoms with E-state index in [2.05, 4.69) is 182 Å². The molecule has 10 aromatic rings. The smallest absolute Gasteiger partial charge is 0.164 e. The third kappa shape index (κ3) is 5.72. The quantitative estimate of drug-likeness (QED) is 0.168. The Balaban J connectivity index is 0.968. The molecule has 0 bridgehead atoms. The molecule has 0 amide bonds. The standard InChI is InChI=1S/C58H37N3O/c1-3-17-38(18-4-1)45-25-7-8-28-48(45)57-60-55(39-19-5-2-6-20-39)59-56(61-57)44-24-16-23-42(36-44)40-21-15-22-41(35-40)43-33-34-54-52(37-43)58(51-31-13-14-32-53(51)62-54)49-29-11-9-26-46(49)47-27-10-12-30-50(47)58/h1-37H. The first-order valence-corrected chi connectivity index (χ1v) is 21.0. The van der Waals surface area contributed by atoms with Gasteiger partial charge in [-0.15, -0.1) is 0 Å². The van der Waals surface area contributed by atoms with Gasteiger partial charge in [-0.05, 0) is 86.0 Å². The molecule has 1 aliphatic heterocycles. The average Bonchev–Trinajstić information content (AvgIpc) is 3.65. The van der Waals surface area contributed by atoms with Crippen molar-refractivity contribution in [1.29, 1.82) is 0 Å². The third-order valence-corrected chi connectivity index (χ3v) is 12.4. The minimum absolute atomic E-state index is 0.525. The number of aromatic nitrogens is 3. The fraction of sp³-hybridized carbons (Fsp3) is 0.0172. The number of rotatable bonds is 6. The van der Waals surface area contributed by atoms with Gasteiger partial charge in [0.2, 0.25) is 0 Å². The number of hydrogen-bond acceptors (Lipinski definition) is 4. The number of ether oxygens (including phenoxy) is 1. The Morgan fingerprint density at radius 2 is 0.694 bits per heavy atom. The van der Waals surface area contributed by atoms with Crippen LogP contribution in [0, 0.1) is 0 Å². The molecule has 290 valence electrons. The van der Waals surface area contributed by atoms with Crippen molar-refractivity contribution >= 4 is 0 Å². The maximum atomic E-state index is 6.72. The lowest BCUT2D eigenvalue weighted by Crippen LogP contribution is -2.32. The summed E-state index contributed by atoms with van der Waals surface area (Å²) < 4.78 is 6.72. The van der Waals surface area contributed by atoms with Gasteiger partial charge in [0, 0.05) is 27.8 Å². The van der Waals surface area contributed by atoms with E-state index in [1.807, 2.05) is 42.5 Å². The number of para-hydroxylation sites is 1. The van der Waals surface area contributed by atoms with Crippen LogP contribution in [0.25, 0.3) is 78.7 Å². The first kappa shape index (κ1) is 35.7. The Morgan fingerprint density at radius 3 is 1.35 bits per heavy atom. The maximum absolute atomic E-state index is 6.72. The molecule has 0 unspecified atom stereocenters. The van der Waals surface area contributed by atoms with Gasteiger partial charge in [0.15, 0.2) is 17.5 Å². The zero-order valence-electron chi connectivity index (χ0n) is 33.6. The third-order valence-electron chi connectivity index (χ3n) is 12.4. The van der Waals surface area contributed by atoms with Gasteiger partial charge in [0.25, 0.3) is 0 Å². The molecule has 0 radical (unpaired) electrons. The van der Waals surface area contributed by atoms with E-state index in [-0.39, 0.29) is 0 Å². The average molecular weight is 792 g/mol. The predicted molar refractivity (Wildman–Crippen MR) is 250 cm³/mol. The van der Waals surface area contributed by atoms with Crippen LogP contribution in [0.1, 0.15) is 22.3 Å². The molecule has 2 aliphatic rings. The molecule has 4 heteroatoms. The van der Waals surface area contributed by atoms with Gasteiger partial charge in [-0.3, -0.25) is 0 Å². The number of benzene rings is 9. The molecule has 0 N–H and O–H groups in total. The van der Waals surface area contributed by atoms with E-state index in [4.69, 9.17) is 19.7 Å². The molecule has 2 heterocycles. The molecular weight excluding hydrogens is 755 g/mol. The molecule has 62 heavy (non-hydrogen) atoms. The van der Waals surface area contributed by atoms with E-state index in [1.165, 1.54) is 22.3 Å². The first-order valence-electron chi connectivity index (χ1n) is 21.0. The van der Waals surface area contributed by atoms with Gasteiger partial charge in [-0.25, -0.2) is 15.0 Å². The molecule has 0 saturated carbocycles. The van der Waals surface area contributed by atoms with Crippen molar-refractivity contribution in [3.8, 4) is 90.2 Å². The van der Waals surface area contributed by atoms with Gasteiger partial charge in [0.05, 0.1) is 5.41 Å². The molecule has 0 fully saturated rings. The molecule has 4 nitrogen and oxygen atoms in total. The van der Waals surface area contributed by atoms with E-state index in [9.17, 15) is 0 Å². The van der Waals surface area contributed by atoms with Crippen LogP contribution in [0.3, 0.4) is 0 Å². The monoisotopic (exact) mass is 791 g/mol. The summed E-state index contributed by atoms with van der Waals surface area (Å²) in [4.78, 5) is 15.3. The van der Waals surface area contributed by atoms with Crippen molar-refractivity contribution in [1.82, 2.24) is 15.0 Å². The second-order valence-electron chi connectivity index (χ2n) is 15.9. The van der Waals surface area contributed by atoms with Crippen LogP contribution in [-0.4, -0.2) is 15.0 Å². The summed E-state index contributed by atoms with van der Waals surface area (Å²) in [5, 5.41) is 0. The van der Waals surface area contributed by atoms with Crippen molar-refractivity contribution in [2.45, 2.75) is 5.41 Å². The fourth-order valence-corrected chi connectivity index (χ4v) is 9.64. The lowest BCUT2D eigenvalue weighted by Gasteiger charge is -2.39. The molecule has 0 atom stereocenters. The minimum Gasteiger partial charge on any atom is -0.457 e. The highest BCUT2D eigenvalue weighted by Gasteiger charge is 2.51. The zero-order chi connectivity index (χ0) is 41.0. The second kappa shape index (κ2) is 14.5. The van der Waals surface area contributed by atoms with Crippen LogP contribution in [0.4, 0.5) is 0 Å². The molecule has 1 aliphatic carbocycles. The number of hydrogen-bond donors (Lipinski definition) is 0. The highest BCUT2D eigenvalue weighted by Crippen LogP contribution is 2.62. The number of fused-ring (bicyclic) bond motifs is 9.